The van der Waals surface area contributed by atoms with Crippen LogP contribution in [0.2, 0.25) is 0 Å². The molecule has 3 heteroatoms. The molecule has 0 N–H and O–H groups in total. The number of hydrogen-bond donors (Lipinski definition) is 0. The summed E-state index contributed by atoms with van der Waals surface area (Å²) in [6.07, 6.45) is 4.06. The van der Waals surface area contributed by atoms with Crippen LogP contribution in [0.1, 0.15) is 49.1 Å². The maximum absolute atomic E-state index is 13.3. The van der Waals surface area contributed by atoms with Gasteiger partial charge in [-0.25, -0.2) is 0 Å². The molecule has 0 aliphatic heterocycles. The molecule has 0 heterocycles. The van der Waals surface area contributed by atoms with Gasteiger partial charge >= 0.3 is 0 Å². The van der Waals surface area contributed by atoms with Crippen LogP contribution in [0.25, 0.3) is 0 Å². The fraction of sp³-hybridized carbons (Fsp3) is 0.391. The van der Waals surface area contributed by atoms with Gasteiger partial charge in [-0.05, 0) is 42.7 Å². The summed E-state index contributed by atoms with van der Waals surface area (Å²) in [7, 11) is 1.83. The Morgan fingerprint density at radius 1 is 1.00 bits per heavy atom. The predicted octanol–water partition coefficient (Wildman–Crippen LogP) is 4.29. The molecule has 0 unspecified atom stereocenters. The van der Waals surface area contributed by atoms with Crippen LogP contribution in [-0.2, 0) is 15.1 Å². The number of rotatable bonds is 4. The maximum atomic E-state index is 13.3. The first-order chi connectivity index (χ1) is 12.6. The average Bonchev–Trinajstić information content (AvgIpc) is 3.50. The minimum absolute atomic E-state index is 0.00212. The van der Waals surface area contributed by atoms with Crippen molar-refractivity contribution in [2.24, 2.45) is 5.92 Å². The van der Waals surface area contributed by atoms with E-state index < -0.39 is 5.54 Å². The third kappa shape index (κ3) is 2.76. The summed E-state index contributed by atoms with van der Waals surface area (Å²) in [5, 5.41) is 0. The Bertz CT molecular complexity index is 801. The van der Waals surface area contributed by atoms with E-state index in [9.17, 15) is 9.59 Å². The molecular weight excluding hydrogens is 322 g/mol. The van der Waals surface area contributed by atoms with Gasteiger partial charge in [0, 0.05) is 19.4 Å². The number of carbonyl (C=O) groups is 2. The molecule has 0 spiro atoms. The van der Waals surface area contributed by atoms with Gasteiger partial charge in [-0.3, -0.25) is 9.59 Å². The number of ketones is 1. The maximum Gasteiger partial charge on any atom is 0.227 e. The summed E-state index contributed by atoms with van der Waals surface area (Å²) in [5.41, 5.74) is 1.39. The van der Waals surface area contributed by atoms with E-state index in [1.54, 1.807) is 4.90 Å². The second-order valence-electron chi connectivity index (χ2n) is 7.61. The van der Waals surface area contributed by atoms with Crippen molar-refractivity contribution < 1.29 is 9.59 Å². The molecule has 3 nitrogen and oxygen atoms in total. The van der Waals surface area contributed by atoms with E-state index in [0.29, 0.717) is 6.42 Å². The van der Waals surface area contributed by atoms with Crippen molar-refractivity contribution in [1.29, 1.82) is 0 Å². The molecule has 26 heavy (non-hydrogen) atoms. The molecule has 1 amide bonds. The fourth-order valence-electron chi connectivity index (χ4n) is 4.55. The van der Waals surface area contributed by atoms with E-state index in [0.717, 1.165) is 31.2 Å². The van der Waals surface area contributed by atoms with E-state index in [4.69, 9.17) is 0 Å². The van der Waals surface area contributed by atoms with Gasteiger partial charge in [-0.2, -0.15) is 0 Å². The molecule has 2 saturated carbocycles. The molecule has 2 fully saturated rings. The highest BCUT2D eigenvalue weighted by Crippen LogP contribution is 2.50. The number of benzene rings is 2. The van der Waals surface area contributed by atoms with Crippen LogP contribution in [0.4, 0.5) is 0 Å². The Kier molecular flexibility index (Phi) is 4.39. The highest BCUT2D eigenvalue weighted by Gasteiger charge is 2.52. The van der Waals surface area contributed by atoms with Crippen molar-refractivity contribution in [1.82, 2.24) is 4.90 Å². The van der Waals surface area contributed by atoms with Crippen molar-refractivity contribution in [2.75, 3.05) is 7.05 Å². The highest BCUT2D eigenvalue weighted by atomic mass is 16.2. The molecule has 0 bridgehead atoms. The smallest absolute Gasteiger partial charge is 0.227 e. The van der Waals surface area contributed by atoms with Gasteiger partial charge in [-0.1, -0.05) is 60.7 Å². The van der Waals surface area contributed by atoms with Crippen molar-refractivity contribution in [3.63, 3.8) is 0 Å². The number of amides is 1. The number of carbonyl (C=O) groups excluding carboxylic acids is 2. The zero-order valence-corrected chi connectivity index (χ0v) is 15.2. The van der Waals surface area contributed by atoms with E-state index in [1.165, 1.54) is 5.56 Å². The van der Waals surface area contributed by atoms with E-state index in [1.807, 2.05) is 55.6 Å². The van der Waals surface area contributed by atoms with Gasteiger partial charge in [0.15, 0.2) is 5.78 Å². The lowest BCUT2D eigenvalue weighted by Crippen LogP contribution is -2.54. The van der Waals surface area contributed by atoms with Crippen molar-refractivity contribution in [2.45, 2.75) is 43.6 Å². The van der Waals surface area contributed by atoms with Crippen LogP contribution in [0, 0.1) is 5.92 Å². The summed E-state index contributed by atoms with van der Waals surface area (Å²) < 4.78 is 0. The first-order valence-corrected chi connectivity index (χ1v) is 9.56. The van der Waals surface area contributed by atoms with Gasteiger partial charge < -0.3 is 4.90 Å². The number of hydrogen-bond acceptors (Lipinski definition) is 2. The summed E-state index contributed by atoms with van der Waals surface area (Å²) >= 11 is 0. The Morgan fingerprint density at radius 2 is 1.65 bits per heavy atom. The van der Waals surface area contributed by atoms with Crippen LogP contribution < -0.4 is 0 Å². The second-order valence-corrected chi connectivity index (χ2v) is 7.61. The van der Waals surface area contributed by atoms with Gasteiger partial charge in [0.25, 0.3) is 0 Å². The quantitative estimate of drug-likeness (QED) is 0.827. The standard InChI is InChI=1S/C23H25NO2/c1-24(22(26)20-16-19(20)17-10-4-2-5-11-17)23(15-9-8-14-21(23)25)18-12-6-3-7-13-18/h2-7,10-13,19-20H,8-9,14-16H2,1H3/t19-,20+,23+/m0/s1. The second kappa shape index (κ2) is 6.71. The molecule has 2 aromatic rings. The molecule has 0 radical (unpaired) electrons. The van der Waals surface area contributed by atoms with Crippen molar-refractivity contribution in [3.05, 3.63) is 71.8 Å². The predicted molar refractivity (Wildman–Crippen MR) is 102 cm³/mol. The number of likely N-dealkylation sites (N-methyl/N-ethyl adjacent to an activating group) is 1. The number of nitrogens with zero attached hydrogens (tertiary/aromatic N) is 1. The first-order valence-electron chi connectivity index (χ1n) is 9.56. The summed E-state index contributed by atoms with van der Waals surface area (Å²) in [5.74, 6) is 0.580. The lowest BCUT2D eigenvalue weighted by Gasteiger charge is -2.43. The largest absolute Gasteiger partial charge is 0.329 e. The van der Waals surface area contributed by atoms with Gasteiger partial charge in [0.05, 0.1) is 0 Å². The third-order valence-corrected chi connectivity index (χ3v) is 6.14. The fourth-order valence-corrected chi connectivity index (χ4v) is 4.55. The summed E-state index contributed by atoms with van der Waals surface area (Å²) in [6, 6.07) is 20.1. The molecule has 134 valence electrons. The molecular formula is C23H25NO2. The van der Waals surface area contributed by atoms with Crippen LogP contribution in [0.3, 0.4) is 0 Å². The Labute approximate surface area is 155 Å². The monoisotopic (exact) mass is 347 g/mol. The van der Waals surface area contributed by atoms with Crippen molar-refractivity contribution in [3.8, 4) is 0 Å². The minimum atomic E-state index is -0.791. The normalized spacial score (nSPS) is 27.8. The zero-order valence-electron chi connectivity index (χ0n) is 15.2. The lowest BCUT2D eigenvalue weighted by molar-refractivity contribution is -0.149. The van der Waals surface area contributed by atoms with Crippen LogP contribution >= 0.6 is 0 Å². The Hall–Kier alpha value is -2.42. The van der Waals surface area contributed by atoms with E-state index in [-0.39, 0.29) is 23.5 Å². The zero-order chi connectivity index (χ0) is 18.1. The number of Topliss-reactive ketones (excluding diaryl/α,β-unsaturated/α-hetero) is 1. The molecule has 2 aliphatic carbocycles. The molecule has 3 atom stereocenters. The van der Waals surface area contributed by atoms with Crippen LogP contribution in [-0.4, -0.2) is 23.6 Å². The van der Waals surface area contributed by atoms with E-state index in [2.05, 4.69) is 12.1 Å². The SMILES string of the molecule is CN(C(=O)[C@@H]1C[C@H]1c1ccccc1)[C@@]1(c2ccccc2)CCCCC1=O. The average molecular weight is 347 g/mol. The van der Waals surface area contributed by atoms with Gasteiger partial charge in [-0.15, -0.1) is 0 Å². The van der Waals surface area contributed by atoms with Gasteiger partial charge in [0.1, 0.15) is 5.54 Å². The first kappa shape index (κ1) is 17.0. The van der Waals surface area contributed by atoms with Gasteiger partial charge in [0.2, 0.25) is 5.91 Å². The molecule has 2 aliphatic rings. The summed E-state index contributed by atoms with van der Waals surface area (Å²) in [4.78, 5) is 28.1. The molecule has 0 saturated heterocycles. The Balaban J connectivity index is 1.62. The van der Waals surface area contributed by atoms with E-state index >= 15 is 0 Å². The summed E-state index contributed by atoms with van der Waals surface area (Å²) in [6.45, 7) is 0. The highest BCUT2D eigenvalue weighted by molar-refractivity contribution is 5.95. The molecule has 2 aromatic carbocycles. The molecule has 0 aromatic heterocycles. The van der Waals surface area contributed by atoms with Crippen molar-refractivity contribution >= 4 is 11.7 Å². The lowest BCUT2D eigenvalue weighted by atomic mass is 9.74. The van der Waals surface area contributed by atoms with Crippen LogP contribution in [0.5, 0.6) is 0 Å². The Morgan fingerprint density at radius 3 is 2.31 bits per heavy atom. The topological polar surface area (TPSA) is 37.4 Å². The minimum Gasteiger partial charge on any atom is -0.329 e. The molecule has 4 rings (SSSR count). The van der Waals surface area contributed by atoms with Crippen LogP contribution in [0.15, 0.2) is 60.7 Å². The third-order valence-electron chi connectivity index (χ3n) is 6.14.